The average Bonchev–Trinajstić information content (AvgIpc) is 2.97. The molecule has 1 aromatic heterocycles. The number of carbonyl (C=O) groups excluding carboxylic acids is 1. The van der Waals surface area contributed by atoms with Crippen LogP contribution in [-0.2, 0) is 16.6 Å². The van der Waals surface area contributed by atoms with Crippen LogP contribution in [-0.4, -0.2) is 44.2 Å². The van der Waals surface area contributed by atoms with Crippen molar-refractivity contribution in [2.75, 3.05) is 20.6 Å². The van der Waals surface area contributed by atoms with Gasteiger partial charge in [-0.2, -0.15) is 0 Å². The summed E-state index contributed by atoms with van der Waals surface area (Å²) in [6, 6.07) is 7.78. The zero-order valence-electron chi connectivity index (χ0n) is 14.0. The van der Waals surface area contributed by atoms with E-state index in [0.717, 1.165) is 9.18 Å². The van der Waals surface area contributed by atoms with Crippen molar-refractivity contribution in [3.05, 3.63) is 50.1 Å². The van der Waals surface area contributed by atoms with E-state index in [1.807, 2.05) is 13.0 Å². The molecule has 2 rings (SSSR count). The Bertz CT molecular complexity index is 879. The summed E-state index contributed by atoms with van der Waals surface area (Å²) in [6.07, 6.45) is 0. The zero-order valence-corrected chi connectivity index (χ0v) is 17.1. The lowest BCUT2D eigenvalue weighted by Crippen LogP contribution is -2.30. The highest BCUT2D eigenvalue weighted by molar-refractivity contribution is 7.89. The van der Waals surface area contributed by atoms with Crippen LogP contribution in [0.4, 0.5) is 0 Å². The van der Waals surface area contributed by atoms with Crippen LogP contribution in [0.25, 0.3) is 0 Å². The Balaban J connectivity index is 2.36. The Kier molecular flexibility index (Phi) is 6.51. The molecule has 2 aromatic rings. The number of halogens is 2. The third kappa shape index (κ3) is 4.54. The van der Waals surface area contributed by atoms with E-state index in [9.17, 15) is 13.2 Å². The van der Waals surface area contributed by atoms with Gasteiger partial charge in [0.25, 0.3) is 5.91 Å². The standard InChI is InChI=1S/C16H18Cl2N2O3S2/c1-4-20(10-11-5-8-15(18)24-11)16(21)13-9-12(6-7-14(13)17)25(22,23)19(2)3/h5-9H,4,10H2,1-3H3. The van der Waals surface area contributed by atoms with Gasteiger partial charge in [0.15, 0.2) is 0 Å². The third-order valence-electron chi connectivity index (χ3n) is 3.59. The minimum Gasteiger partial charge on any atom is -0.334 e. The first-order valence-electron chi connectivity index (χ1n) is 7.42. The van der Waals surface area contributed by atoms with Gasteiger partial charge in [-0.3, -0.25) is 4.79 Å². The summed E-state index contributed by atoms with van der Waals surface area (Å²) in [5.74, 6) is -0.326. The van der Waals surface area contributed by atoms with Crippen molar-refractivity contribution in [2.24, 2.45) is 0 Å². The van der Waals surface area contributed by atoms with E-state index in [-0.39, 0.29) is 21.4 Å². The summed E-state index contributed by atoms with van der Waals surface area (Å²) in [6.45, 7) is 2.69. The van der Waals surface area contributed by atoms with Crippen molar-refractivity contribution in [3.8, 4) is 0 Å². The van der Waals surface area contributed by atoms with E-state index in [4.69, 9.17) is 23.2 Å². The van der Waals surface area contributed by atoms with Crippen molar-refractivity contribution in [1.29, 1.82) is 0 Å². The van der Waals surface area contributed by atoms with E-state index in [0.29, 0.717) is 17.4 Å². The van der Waals surface area contributed by atoms with Gasteiger partial charge in [-0.1, -0.05) is 23.2 Å². The molecule has 1 heterocycles. The second-order valence-corrected chi connectivity index (χ2v) is 9.81. The summed E-state index contributed by atoms with van der Waals surface area (Å²) in [7, 11) is -0.779. The van der Waals surface area contributed by atoms with Crippen molar-refractivity contribution >= 4 is 50.5 Å². The Morgan fingerprint density at radius 3 is 2.36 bits per heavy atom. The molecular formula is C16H18Cl2N2O3S2. The van der Waals surface area contributed by atoms with Crippen LogP contribution in [0.15, 0.2) is 35.2 Å². The number of sulfonamides is 1. The van der Waals surface area contributed by atoms with Crippen LogP contribution in [0, 0.1) is 0 Å². The predicted octanol–water partition coefficient (Wildman–Crippen LogP) is 3.97. The largest absolute Gasteiger partial charge is 0.334 e. The van der Waals surface area contributed by atoms with Crippen LogP contribution in [0.5, 0.6) is 0 Å². The minimum atomic E-state index is -3.65. The van der Waals surface area contributed by atoms with Crippen molar-refractivity contribution in [3.63, 3.8) is 0 Å². The highest BCUT2D eigenvalue weighted by Crippen LogP contribution is 2.26. The summed E-state index contributed by atoms with van der Waals surface area (Å²) in [5, 5.41) is 0.213. The van der Waals surface area contributed by atoms with E-state index in [1.54, 1.807) is 11.0 Å². The molecule has 0 aliphatic carbocycles. The Morgan fingerprint density at radius 1 is 1.16 bits per heavy atom. The number of hydrogen-bond donors (Lipinski definition) is 0. The first-order valence-corrected chi connectivity index (χ1v) is 10.4. The molecule has 1 aromatic carbocycles. The molecule has 0 bridgehead atoms. The zero-order chi connectivity index (χ0) is 18.8. The van der Waals surface area contributed by atoms with Gasteiger partial charge in [-0.25, -0.2) is 12.7 Å². The van der Waals surface area contributed by atoms with Gasteiger partial charge in [0.05, 0.1) is 26.4 Å². The molecule has 0 fully saturated rings. The molecule has 0 saturated heterocycles. The van der Waals surface area contributed by atoms with Gasteiger partial charge >= 0.3 is 0 Å². The summed E-state index contributed by atoms with van der Waals surface area (Å²) < 4.78 is 26.3. The number of hydrogen-bond acceptors (Lipinski definition) is 4. The maximum Gasteiger partial charge on any atom is 0.255 e. The molecule has 0 unspecified atom stereocenters. The second-order valence-electron chi connectivity index (χ2n) is 5.45. The molecule has 0 N–H and O–H groups in total. The molecule has 9 heteroatoms. The molecule has 0 aliphatic rings. The van der Waals surface area contributed by atoms with Crippen molar-refractivity contribution in [1.82, 2.24) is 9.21 Å². The van der Waals surface area contributed by atoms with Gasteiger partial charge in [0.1, 0.15) is 0 Å². The SMILES string of the molecule is CCN(Cc1ccc(Cl)s1)C(=O)c1cc(S(=O)(=O)N(C)C)ccc1Cl. The Labute approximate surface area is 161 Å². The predicted molar refractivity (Wildman–Crippen MR) is 102 cm³/mol. The molecule has 5 nitrogen and oxygen atoms in total. The molecule has 1 amide bonds. The molecule has 0 radical (unpaired) electrons. The molecule has 136 valence electrons. The average molecular weight is 421 g/mol. The number of rotatable bonds is 6. The lowest BCUT2D eigenvalue weighted by Gasteiger charge is -2.21. The summed E-state index contributed by atoms with van der Waals surface area (Å²) in [4.78, 5) is 15.4. The van der Waals surface area contributed by atoms with Gasteiger partial charge < -0.3 is 4.90 Å². The number of carbonyl (C=O) groups is 1. The quantitative estimate of drug-likeness (QED) is 0.709. The lowest BCUT2D eigenvalue weighted by atomic mass is 10.2. The number of nitrogens with zero attached hydrogens (tertiary/aromatic N) is 2. The fourth-order valence-corrected chi connectivity index (χ4v) is 4.39. The van der Waals surface area contributed by atoms with E-state index < -0.39 is 10.0 Å². The maximum absolute atomic E-state index is 12.9. The van der Waals surface area contributed by atoms with Gasteiger partial charge in [0, 0.05) is 25.5 Å². The van der Waals surface area contributed by atoms with Gasteiger partial charge in [-0.05, 0) is 37.3 Å². The smallest absolute Gasteiger partial charge is 0.255 e. The molecular weight excluding hydrogens is 403 g/mol. The van der Waals surface area contributed by atoms with Crippen LogP contribution in [0.3, 0.4) is 0 Å². The Morgan fingerprint density at radius 2 is 1.84 bits per heavy atom. The number of thiophene rings is 1. The van der Waals surface area contributed by atoms with E-state index in [1.165, 1.54) is 43.6 Å². The number of amides is 1. The van der Waals surface area contributed by atoms with Crippen LogP contribution in [0.2, 0.25) is 9.36 Å². The molecule has 0 spiro atoms. The molecule has 25 heavy (non-hydrogen) atoms. The summed E-state index contributed by atoms with van der Waals surface area (Å²) >= 11 is 13.5. The van der Waals surface area contributed by atoms with Crippen LogP contribution in [0.1, 0.15) is 22.2 Å². The third-order valence-corrected chi connectivity index (χ3v) is 6.95. The first kappa shape index (κ1) is 20.2. The molecule has 0 saturated carbocycles. The Hall–Kier alpha value is -1.12. The van der Waals surface area contributed by atoms with Crippen molar-refractivity contribution in [2.45, 2.75) is 18.4 Å². The maximum atomic E-state index is 12.9. The fourth-order valence-electron chi connectivity index (χ4n) is 2.16. The van der Waals surface area contributed by atoms with E-state index in [2.05, 4.69) is 0 Å². The van der Waals surface area contributed by atoms with Crippen molar-refractivity contribution < 1.29 is 13.2 Å². The van der Waals surface area contributed by atoms with Gasteiger partial charge in [0.2, 0.25) is 10.0 Å². The van der Waals surface area contributed by atoms with E-state index >= 15 is 0 Å². The highest BCUT2D eigenvalue weighted by Gasteiger charge is 2.23. The number of benzene rings is 1. The van der Waals surface area contributed by atoms with Crippen LogP contribution < -0.4 is 0 Å². The summed E-state index contributed by atoms with van der Waals surface area (Å²) in [5.41, 5.74) is 0.161. The lowest BCUT2D eigenvalue weighted by molar-refractivity contribution is 0.0754. The highest BCUT2D eigenvalue weighted by atomic mass is 35.5. The normalized spacial score (nSPS) is 11.8. The first-order chi connectivity index (χ1) is 11.7. The van der Waals surface area contributed by atoms with Gasteiger partial charge in [-0.15, -0.1) is 11.3 Å². The monoisotopic (exact) mass is 420 g/mol. The van der Waals surface area contributed by atoms with Crippen LogP contribution >= 0.6 is 34.5 Å². The molecule has 0 aliphatic heterocycles. The fraction of sp³-hybridized carbons (Fsp3) is 0.312. The molecule has 0 atom stereocenters. The minimum absolute atomic E-state index is 0.0282. The second kappa shape index (κ2) is 8.05. The topological polar surface area (TPSA) is 57.7 Å².